The lowest BCUT2D eigenvalue weighted by molar-refractivity contribution is -0.763. The minimum Gasteiger partial charge on any atom is -1.00 e. The van der Waals surface area contributed by atoms with Crippen LogP contribution in [-0.2, 0) is 11.2 Å². The van der Waals surface area contributed by atoms with E-state index in [1.165, 1.54) is 5.56 Å². The van der Waals surface area contributed by atoms with Crippen LogP contribution in [0.3, 0.4) is 0 Å². The molecule has 1 aromatic carbocycles. The lowest BCUT2D eigenvalue weighted by Gasteiger charge is -2.17. The number of nitrogens with zero attached hydrogens (tertiary/aromatic N) is 1. The number of hydrogen-bond acceptors (Lipinski definition) is 2. The molecule has 0 aliphatic carbocycles. The first-order chi connectivity index (χ1) is 11.0. The fourth-order valence-corrected chi connectivity index (χ4v) is 2.59. The van der Waals surface area contributed by atoms with E-state index in [4.69, 9.17) is 4.74 Å². The molecule has 130 valence electrons. The van der Waals surface area contributed by atoms with Crippen LogP contribution in [-0.4, -0.2) is 5.97 Å². The molecule has 1 atom stereocenters. The second kappa shape index (κ2) is 9.43. The van der Waals surface area contributed by atoms with Crippen molar-refractivity contribution >= 4 is 5.97 Å². The van der Waals surface area contributed by atoms with Crippen LogP contribution in [0.4, 0.5) is 0 Å². The van der Waals surface area contributed by atoms with E-state index in [1.807, 2.05) is 35.0 Å². The minimum absolute atomic E-state index is 0. The van der Waals surface area contributed by atoms with Gasteiger partial charge < -0.3 is 17.1 Å². The van der Waals surface area contributed by atoms with Gasteiger partial charge in [0.2, 0.25) is 0 Å². The molecule has 4 heteroatoms. The van der Waals surface area contributed by atoms with E-state index in [-0.39, 0.29) is 30.5 Å². The highest BCUT2D eigenvalue weighted by molar-refractivity contribution is 5.89. The Kier molecular flexibility index (Phi) is 7.93. The normalized spacial score (nSPS) is 11.9. The molecule has 0 saturated heterocycles. The molecule has 2 rings (SSSR count). The van der Waals surface area contributed by atoms with Crippen LogP contribution in [0.15, 0.2) is 54.9 Å². The quantitative estimate of drug-likeness (QED) is 0.580. The van der Waals surface area contributed by atoms with Crippen molar-refractivity contribution in [2.24, 2.45) is 11.8 Å². The third-order valence-corrected chi connectivity index (χ3v) is 3.63. The first-order valence-corrected chi connectivity index (χ1v) is 8.23. The number of rotatable bonds is 6. The maximum atomic E-state index is 12.4. The van der Waals surface area contributed by atoms with Crippen molar-refractivity contribution in [3.8, 4) is 0 Å². The summed E-state index contributed by atoms with van der Waals surface area (Å²) in [6, 6.07) is 13.3. The van der Waals surface area contributed by atoms with E-state index in [0.717, 1.165) is 6.42 Å². The molecule has 0 spiro atoms. The lowest BCUT2D eigenvalue weighted by atomic mass is 10.0. The predicted molar refractivity (Wildman–Crippen MR) is 90.9 cm³/mol. The molecule has 0 N–H and O–H groups in total. The zero-order chi connectivity index (χ0) is 16.8. The van der Waals surface area contributed by atoms with E-state index >= 15 is 0 Å². The summed E-state index contributed by atoms with van der Waals surface area (Å²) in [6.45, 7) is 8.52. The summed E-state index contributed by atoms with van der Waals surface area (Å²) in [5.74, 6) is 0.489. The third-order valence-electron chi connectivity index (χ3n) is 3.63. The van der Waals surface area contributed by atoms with Crippen molar-refractivity contribution in [3.05, 3.63) is 66.0 Å². The standard InChI is InChI=1S/C20H26NO2.ClH/c1-15(2)13-17-9-8-12-21(14-17)19(16(3)4)23-20(22)18-10-6-5-7-11-18;/h5-12,14-16,19H,13H2,1-4H3;1H/q+1;/p-1. The van der Waals surface area contributed by atoms with E-state index in [0.29, 0.717) is 11.5 Å². The van der Waals surface area contributed by atoms with E-state index < -0.39 is 0 Å². The maximum absolute atomic E-state index is 12.4. The Morgan fingerprint density at radius 2 is 1.71 bits per heavy atom. The molecular formula is C20H26ClNO2. The fraction of sp³-hybridized carbons (Fsp3) is 0.400. The summed E-state index contributed by atoms with van der Waals surface area (Å²) < 4.78 is 7.77. The molecule has 1 unspecified atom stereocenters. The van der Waals surface area contributed by atoms with Crippen molar-refractivity contribution in [2.75, 3.05) is 0 Å². The Morgan fingerprint density at radius 1 is 1.04 bits per heavy atom. The summed E-state index contributed by atoms with van der Waals surface area (Å²) in [5.41, 5.74) is 1.83. The van der Waals surface area contributed by atoms with Gasteiger partial charge in [0, 0.05) is 11.6 Å². The molecule has 0 aliphatic rings. The van der Waals surface area contributed by atoms with E-state index in [9.17, 15) is 4.79 Å². The molecule has 3 nitrogen and oxygen atoms in total. The fourth-order valence-electron chi connectivity index (χ4n) is 2.59. The van der Waals surface area contributed by atoms with Gasteiger partial charge in [-0.15, -0.1) is 0 Å². The lowest BCUT2D eigenvalue weighted by Crippen LogP contribution is -3.00. The van der Waals surface area contributed by atoms with Gasteiger partial charge in [-0.3, -0.25) is 0 Å². The van der Waals surface area contributed by atoms with Gasteiger partial charge in [-0.2, -0.15) is 4.57 Å². The summed E-state index contributed by atoms with van der Waals surface area (Å²) in [4.78, 5) is 12.4. The number of esters is 1. The highest BCUT2D eigenvalue weighted by Crippen LogP contribution is 2.16. The van der Waals surface area contributed by atoms with Crippen molar-refractivity contribution in [1.82, 2.24) is 0 Å². The summed E-state index contributed by atoms with van der Waals surface area (Å²) in [6.07, 6.45) is 4.75. The topological polar surface area (TPSA) is 30.2 Å². The number of carbonyl (C=O) groups is 1. The number of ether oxygens (including phenoxy) is 1. The van der Waals surface area contributed by atoms with Gasteiger partial charge in [0.25, 0.3) is 0 Å². The molecule has 24 heavy (non-hydrogen) atoms. The second-order valence-electron chi connectivity index (χ2n) is 6.66. The summed E-state index contributed by atoms with van der Waals surface area (Å²) >= 11 is 0. The highest BCUT2D eigenvalue weighted by Gasteiger charge is 2.27. The average molecular weight is 348 g/mol. The van der Waals surface area contributed by atoms with Gasteiger partial charge in [-0.1, -0.05) is 45.9 Å². The molecule has 0 aliphatic heterocycles. The van der Waals surface area contributed by atoms with Crippen LogP contribution in [0.1, 0.15) is 49.8 Å². The van der Waals surface area contributed by atoms with Crippen LogP contribution in [0.2, 0.25) is 0 Å². The summed E-state index contributed by atoms with van der Waals surface area (Å²) in [5, 5.41) is 0. The van der Waals surface area contributed by atoms with Crippen molar-refractivity contribution in [3.63, 3.8) is 0 Å². The van der Waals surface area contributed by atoms with Crippen LogP contribution < -0.4 is 17.0 Å². The Morgan fingerprint density at radius 3 is 2.29 bits per heavy atom. The SMILES string of the molecule is CC(C)Cc1ccc[n+](C(OC(=O)c2ccccc2)C(C)C)c1.[Cl-]. The van der Waals surface area contributed by atoms with Crippen LogP contribution in [0, 0.1) is 11.8 Å². The largest absolute Gasteiger partial charge is 1.00 e. The molecule has 0 amide bonds. The molecule has 0 fully saturated rings. The number of aromatic nitrogens is 1. The van der Waals surface area contributed by atoms with Gasteiger partial charge in [-0.25, -0.2) is 4.79 Å². The van der Waals surface area contributed by atoms with Gasteiger partial charge >= 0.3 is 12.2 Å². The molecule has 0 radical (unpaired) electrons. The van der Waals surface area contributed by atoms with E-state index in [1.54, 1.807) is 12.1 Å². The first kappa shape index (κ1) is 20.2. The average Bonchev–Trinajstić information content (AvgIpc) is 2.52. The zero-order valence-electron chi connectivity index (χ0n) is 14.8. The number of hydrogen-bond donors (Lipinski definition) is 0. The van der Waals surface area contributed by atoms with Crippen molar-refractivity contribution in [1.29, 1.82) is 0 Å². The molecule has 0 bridgehead atoms. The second-order valence-corrected chi connectivity index (χ2v) is 6.66. The Bertz CT molecular complexity index is 641. The Balaban J connectivity index is 0.00000288. The van der Waals surface area contributed by atoms with Crippen molar-refractivity contribution < 1.29 is 26.5 Å². The first-order valence-electron chi connectivity index (χ1n) is 8.23. The third kappa shape index (κ3) is 5.64. The predicted octanol–water partition coefficient (Wildman–Crippen LogP) is 1.19. The number of pyridine rings is 1. The van der Waals surface area contributed by atoms with Crippen LogP contribution >= 0.6 is 0 Å². The number of benzene rings is 1. The molecule has 1 aromatic heterocycles. The molecule has 1 heterocycles. The molecule has 0 saturated carbocycles. The van der Waals surface area contributed by atoms with Crippen LogP contribution in [0.25, 0.3) is 0 Å². The Labute approximate surface area is 151 Å². The Hall–Kier alpha value is -1.87. The van der Waals surface area contributed by atoms with Gasteiger partial charge in [0.05, 0.1) is 11.5 Å². The smallest absolute Gasteiger partial charge is 0.343 e. The zero-order valence-corrected chi connectivity index (χ0v) is 15.5. The molecular weight excluding hydrogens is 322 g/mol. The van der Waals surface area contributed by atoms with Crippen molar-refractivity contribution in [2.45, 2.75) is 40.3 Å². The number of carbonyl (C=O) groups excluding carboxylic acids is 1. The van der Waals surface area contributed by atoms with Gasteiger partial charge in [-0.05, 0) is 30.5 Å². The summed E-state index contributed by atoms with van der Waals surface area (Å²) in [7, 11) is 0. The molecule has 2 aromatic rings. The van der Waals surface area contributed by atoms with Crippen LogP contribution in [0.5, 0.6) is 0 Å². The maximum Gasteiger partial charge on any atom is 0.343 e. The highest BCUT2D eigenvalue weighted by atomic mass is 35.5. The van der Waals surface area contributed by atoms with E-state index in [2.05, 4.69) is 40.0 Å². The monoisotopic (exact) mass is 347 g/mol. The van der Waals surface area contributed by atoms with Gasteiger partial charge in [0.1, 0.15) is 0 Å². The minimum atomic E-state index is -0.310. The van der Waals surface area contributed by atoms with Gasteiger partial charge in [0.15, 0.2) is 12.4 Å². The number of halogens is 1.